The maximum atomic E-state index is 6.00. The van der Waals surface area contributed by atoms with Crippen LogP contribution in [0.4, 0.5) is 0 Å². The molecule has 0 atom stereocenters. The van der Waals surface area contributed by atoms with Gasteiger partial charge in [0.2, 0.25) is 0 Å². The summed E-state index contributed by atoms with van der Waals surface area (Å²) in [7, 11) is 0. The van der Waals surface area contributed by atoms with Crippen LogP contribution < -0.4 is 4.74 Å². The second-order valence-corrected chi connectivity index (χ2v) is 7.87. The first-order valence-corrected chi connectivity index (χ1v) is 10.9. The second kappa shape index (κ2) is 11.1. The van der Waals surface area contributed by atoms with Crippen LogP contribution in [0.3, 0.4) is 0 Å². The molecule has 1 heterocycles. The van der Waals surface area contributed by atoms with E-state index in [4.69, 9.17) is 4.74 Å². The molecule has 1 aliphatic rings. The topological polar surface area (TPSA) is 12.5 Å². The van der Waals surface area contributed by atoms with E-state index in [0.29, 0.717) is 0 Å². The van der Waals surface area contributed by atoms with Gasteiger partial charge in [-0.3, -0.25) is 0 Å². The molecular formula is C25H35NO. The Hall–Kier alpha value is -1.80. The Bertz CT molecular complexity index is 629. The predicted molar refractivity (Wildman–Crippen MR) is 115 cm³/mol. The molecule has 2 aromatic rings. The summed E-state index contributed by atoms with van der Waals surface area (Å²) in [6.45, 7) is 6.99. The van der Waals surface area contributed by atoms with Gasteiger partial charge in [-0.2, -0.15) is 0 Å². The van der Waals surface area contributed by atoms with Gasteiger partial charge in [0, 0.05) is 0 Å². The van der Waals surface area contributed by atoms with E-state index in [1.807, 2.05) is 0 Å². The molecule has 2 aromatic carbocycles. The van der Waals surface area contributed by atoms with Gasteiger partial charge in [-0.25, -0.2) is 0 Å². The van der Waals surface area contributed by atoms with Gasteiger partial charge in [-0.05, 0) is 74.5 Å². The van der Waals surface area contributed by atoms with E-state index < -0.39 is 0 Å². The van der Waals surface area contributed by atoms with Crippen molar-refractivity contribution in [2.24, 2.45) is 5.92 Å². The van der Waals surface area contributed by atoms with Gasteiger partial charge >= 0.3 is 0 Å². The number of likely N-dealkylation sites (tertiary alicyclic amines) is 1. The van der Waals surface area contributed by atoms with Crippen LogP contribution in [0, 0.1) is 5.92 Å². The molecule has 0 radical (unpaired) electrons. The molecule has 146 valence electrons. The Morgan fingerprint density at radius 2 is 1.56 bits per heavy atom. The van der Waals surface area contributed by atoms with Crippen molar-refractivity contribution in [1.82, 2.24) is 4.90 Å². The molecule has 0 saturated carbocycles. The van der Waals surface area contributed by atoms with Crippen LogP contribution in [-0.2, 0) is 0 Å². The van der Waals surface area contributed by atoms with Crippen LogP contribution in [0.1, 0.15) is 51.9 Å². The molecule has 27 heavy (non-hydrogen) atoms. The standard InChI is InChI=1S/C25H35NO/c1-2-3-4-8-18-26-19-15-22(16-20-26)17-21-27-25-13-11-24(12-14-25)23-9-6-5-7-10-23/h5-7,9-14,22H,2-4,8,15-21H2,1H3. The summed E-state index contributed by atoms with van der Waals surface area (Å²) in [6, 6.07) is 19.0. The minimum Gasteiger partial charge on any atom is -0.494 e. The molecule has 0 amide bonds. The number of nitrogens with zero attached hydrogens (tertiary/aromatic N) is 1. The van der Waals surface area contributed by atoms with Gasteiger partial charge in [-0.1, -0.05) is 68.7 Å². The Balaban J connectivity index is 1.32. The van der Waals surface area contributed by atoms with Crippen molar-refractivity contribution in [3.05, 3.63) is 54.6 Å². The van der Waals surface area contributed by atoms with Gasteiger partial charge in [0.15, 0.2) is 0 Å². The molecular weight excluding hydrogens is 330 g/mol. The van der Waals surface area contributed by atoms with E-state index in [2.05, 4.69) is 66.4 Å². The number of ether oxygens (including phenoxy) is 1. The first-order chi connectivity index (χ1) is 13.3. The summed E-state index contributed by atoms with van der Waals surface area (Å²) in [5.74, 6) is 1.82. The summed E-state index contributed by atoms with van der Waals surface area (Å²) >= 11 is 0. The fraction of sp³-hybridized carbons (Fsp3) is 0.520. The maximum absolute atomic E-state index is 6.00. The zero-order valence-corrected chi connectivity index (χ0v) is 16.9. The minimum atomic E-state index is 0.834. The van der Waals surface area contributed by atoms with Gasteiger partial charge in [-0.15, -0.1) is 0 Å². The molecule has 0 unspecified atom stereocenters. The van der Waals surface area contributed by atoms with Crippen LogP contribution in [-0.4, -0.2) is 31.1 Å². The summed E-state index contributed by atoms with van der Waals surface area (Å²) in [4.78, 5) is 2.66. The quantitative estimate of drug-likeness (QED) is 0.451. The number of hydrogen-bond acceptors (Lipinski definition) is 2. The highest BCUT2D eigenvalue weighted by Crippen LogP contribution is 2.24. The van der Waals surface area contributed by atoms with Crippen molar-refractivity contribution in [3.63, 3.8) is 0 Å². The largest absolute Gasteiger partial charge is 0.494 e. The average molecular weight is 366 g/mol. The van der Waals surface area contributed by atoms with Crippen LogP contribution in [0.5, 0.6) is 5.75 Å². The second-order valence-electron chi connectivity index (χ2n) is 7.87. The monoisotopic (exact) mass is 365 g/mol. The minimum absolute atomic E-state index is 0.834. The molecule has 0 N–H and O–H groups in total. The lowest BCUT2D eigenvalue weighted by Crippen LogP contribution is -2.34. The Morgan fingerprint density at radius 3 is 2.26 bits per heavy atom. The number of piperidine rings is 1. The third kappa shape index (κ3) is 6.70. The highest BCUT2D eigenvalue weighted by atomic mass is 16.5. The van der Waals surface area contributed by atoms with E-state index in [9.17, 15) is 0 Å². The van der Waals surface area contributed by atoms with E-state index in [0.717, 1.165) is 18.3 Å². The lowest BCUT2D eigenvalue weighted by molar-refractivity contribution is 0.161. The fourth-order valence-corrected chi connectivity index (χ4v) is 3.98. The molecule has 2 nitrogen and oxygen atoms in total. The zero-order chi connectivity index (χ0) is 18.7. The Labute approximate surface area is 165 Å². The Morgan fingerprint density at radius 1 is 0.852 bits per heavy atom. The van der Waals surface area contributed by atoms with E-state index in [-0.39, 0.29) is 0 Å². The number of hydrogen-bond donors (Lipinski definition) is 0. The molecule has 2 heteroatoms. The van der Waals surface area contributed by atoms with Gasteiger partial charge < -0.3 is 9.64 Å². The number of rotatable bonds is 10. The van der Waals surface area contributed by atoms with Crippen molar-refractivity contribution in [3.8, 4) is 16.9 Å². The predicted octanol–water partition coefficient (Wildman–Crippen LogP) is 6.41. The molecule has 0 bridgehead atoms. The molecule has 0 spiro atoms. The summed E-state index contributed by atoms with van der Waals surface area (Å²) in [5.41, 5.74) is 2.50. The highest BCUT2D eigenvalue weighted by Gasteiger charge is 2.18. The Kier molecular flexibility index (Phi) is 8.23. The normalized spacial score (nSPS) is 15.7. The maximum Gasteiger partial charge on any atom is 0.119 e. The smallest absolute Gasteiger partial charge is 0.119 e. The molecule has 0 aliphatic carbocycles. The van der Waals surface area contributed by atoms with Crippen LogP contribution in [0.2, 0.25) is 0 Å². The summed E-state index contributed by atoms with van der Waals surface area (Å²) in [6.07, 6.45) is 9.35. The van der Waals surface area contributed by atoms with Crippen molar-refractivity contribution in [2.75, 3.05) is 26.2 Å². The lowest BCUT2D eigenvalue weighted by Gasteiger charge is -2.31. The van der Waals surface area contributed by atoms with Gasteiger partial charge in [0.25, 0.3) is 0 Å². The van der Waals surface area contributed by atoms with Crippen molar-refractivity contribution >= 4 is 0 Å². The molecule has 0 aromatic heterocycles. The molecule has 3 rings (SSSR count). The summed E-state index contributed by atoms with van der Waals surface area (Å²) < 4.78 is 6.00. The molecule has 1 aliphatic heterocycles. The third-order valence-corrected chi connectivity index (χ3v) is 5.79. The zero-order valence-electron chi connectivity index (χ0n) is 16.9. The van der Waals surface area contributed by atoms with Crippen molar-refractivity contribution in [1.29, 1.82) is 0 Å². The van der Waals surface area contributed by atoms with Crippen LogP contribution in [0.25, 0.3) is 11.1 Å². The SMILES string of the molecule is CCCCCCN1CCC(CCOc2ccc(-c3ccccc3)cc2)CC1. The first-order valence-electron chi connectivity index (χ1n) is 10.9. The van der Waals surface area contributed by atoms with Crippen LogP contribution in [0.15, 0.2) is 54.6 Å². The summed E-state index contributed by atoms with van der Waals surface area (Å²) in [5, 5.41) is 0. The van der Waals surface area contributed by atoms with Gasteiger partial charge in [0.1, 0.15) is 5.75 Å². The lowest BCUT2D eigenvalue weighted by atomic mass is 9.94. The van der Waals surface area contributed by atoms with Crippen molar-refractivity contribution < 1.29 is 4.74 Å². The average Bonchev–Trinajstić information content (AvgIpc) is 2.73. The van der Waals surface area contributed by atoms with Crippen molar-refractivity contribution in [2.45, 2.75) is 51.9 Å². The van der Waals surface area contributed by atoms with Crippen LogP contribution >= 0.6 is 0 Å². The first kappa shape index (κ1) is 19.9. The van der Waals surface area contributed by atoms with E-state index >= 15 is 0 Å². The van der Waals surface area contributed by atoms with E-state index in [1.54, 1.807) is 0 Å². The molecule has 1 fully saturated rings. The van der Waals surface area contributed by atoms with Gasteiger partial charge in [0.05, 0.1) is 6.61 Å². The number of unbranched alkanes of at least 4 members (excludes halogenated alkanes) is 3. The highest BCUT2D eigenvalue weighted by molar-refractivity contribution is 5.63. The fourth-order valence-electron chi connectivity index (χ4n) is 3.98. The number of benzene rings is 2. The molecule has 1 saturated heterocycles. The third-order valence-electron chi connectivity index (χ3n) is 5.79. The van der Waals surface area contributed by atoms with E-state index in [1.165, 1.54) is 75.7 Å².